The highest BCUT2D eigenvalue weighted by Crippen LogP contribution is 2.23. The molecule has 17 heavy (non-hydrogen) atoms. The van der Waals surface area contributed by atoms with E-state index in [9.17, 15) is 5.11 Å². The molecule has 1 aromatic rings. The molecule has 0 radical (unpaired) electrons. The first-order chi connectivity index (χ1) is 7.63. The molecule has 0 aliphatic heterocycles. The molecule has 0 spiro atoms. The van der Waals surface area contributed by atoms with E-state index in [-0.39, 0.29) is 5.54 Å². The Hall–Kier alpha value is -0.380. The van der Waals surface area contributed by atoms with Crippen LogP contribution in [0.3, 0.4) is 0 Å². The summed E-state index contributed by atoms with van der Waals surface area (Å²) >= 11 is 3.56. The van der Waals surface area contributed by atoms with Crippen LogP contribution in [0, 0.1) is 6.92 Å². The van der Waals surface area contributed by atoms with E-state index in [0.717, 1.165) is 11.0 Å². The number of aryl methyl sites for hydroxylation is 1. The number of nitrogens with one attached hydrogen (secondary N) is 1. The zero-order chi connectivity index (χ0) is 13.3. The number of aliphatic hydroxyl groups is 1. The monoisotopic (exact) mass is 299 g/mol. The van der Waals surface area contributed by atoms with Crippen LogP contribution in [-0.4, -0.2) is 16.2 Å². The fourth-order valence-corrected chi connectivity index (χ4v) is 1.96. The Morgan fingerprint density at radius 3 is 2.29 bits per heavy atom. The largest absolute Gasteiger partial charge is 0.389 e. The van der Waals surface area contributed by atoms with E-state index in [1.807, 2.05) is 27.7 Å². The molecule has 0 unspecified atom stereocenters. The molecular formula is C14H22BrNO. The van der Waals surface area contributed by atoms with Gasteiger partial charge in [0, 0.05) is 16.6 Å². The van der Waals surface area contributed by atoms with Crippen molar-refractivity contribution in [1.82, 2.24) is 5.32 Å². The van der Waals surface area contributed by atoms with Gasteiger partial charge in [0.15, 0.2) is 0 Å². The molecule has 0 aliphatic rings. The molecule has 3 heteroatoms. The maximum atomic E-state index is 10.1. The molecule has 0 heterocycles. The fraction of sp³-hybridized carbons (Fsp3) is 0.571. The summed E-state index contributed by atoms with van der Waals surface area (Å²) in [5.74, 6) is 0. The van der Waals surface area contributed by atoms with Crippen molar-refractivity contribution < 1.29 is 5.11 Å². The smallest absolute Gasteiger partial charge is 0.0767 e. The Kier molecular flexibility index (Phi) is 4.39. The quantitative estimate of drug-likeness (QED) is 0.893. The SMILES string of the molecule is Cc1ccc(CNC(C)(C)C(C)(C)O)c(Br)c1. The van der Waals surface area contributed by atoms with E-state index >= 15 is 0 Å². The Morgan fingerprint density at radius 1 is 1.24 bits per heavy atom. The summed E-state index contributed by atoms with van der Waals surface area (Å²) in [4.78, 5) is 0. The fourth-order valence-electron chi connectivity index (χ4n) is 1.33. The van der Waals surface area contributed by atoms with E-state index in [1.165, 1.54) is 11.1 Å². The molecule has 2 N–H and O–H groups in total. The molecule has 0 atom stereocenters. The van der Waals surface area contributed by atoms with Gasteiger partial charge in [-0.25, -0.2) is 0 Å². The number of hydrogen-bond donors (Lipinski definition) is 2. The summed E-state index contributed by atoms with van der Waals surface area (Å²) in [6.45, 7) is 10.5. The van der Waals surface area contributed by atoms with Crippen LogP contribution in [0.5, 0.6) is 0 Å². The highest BCUT2D eigenvalue weighted by atomic mass is 79.9. The van der Waals surface area contributed by atoms with E-state index in [2.05, 4.69) is 46.4 Å². The molecule has 2 nitrogen and oxygen atoms in total. The van der Waals surface area contributed by atoms with Crippen LogP contribution < -0.4 is 5.32 Å². The summed E-state index contributed by atoms with van der Waals surface area (Å²) in [6, 6.07) is 6.31. The van der Waals surface area contributed by atoms with Gasteiger partial charge in [-0.2, -0.15) is 0 Å². The van der Waals surface area contributed by atoms with E-state index in [0.29, 0.717) is 0 Å². The second-order valence-corrected chi connectivity index (χ2v) is 6.49. The van der Waals surface area contributed by atoms with Crippen LogP contribution in [0.4, 0.5) is 0 Å². The third-order valence-corrected chi connectivity index (χ3v) is 4.20. The first-order valence-corrected chi connectivity index (χ1v) is 6.65. The van der Waals surface area contributed by atoms with Crippen molar-refractivity contribution in [3.63, 3.8) is 0 Å². The van der Waals surface area contributed by atoms with Crippen molar-refractivity contribution in [1.29, 1.82) is 0 Å². The van der Waals surface area contributed by atoms with Crippen LogP contribution in [-0.2, 0) is 6.54 Å². The van der Waals surface area contributed by atoms with Gasteiger partial charge in [-0.15, -0.1) is 0 Å². The van der Waals surface area contributed by atoms with Gasteiger partial charge in [-0.3, -0.25) is 0 Å². The molecule has 0 bridgehead atoms. The summed E-state index contributed by atoms with van der Waals surface area (Å²) in [7, 11) is 0. The minimum Gasteiger partial charge on any atom is -0.389 e. The van der Waals surface area contributed by atoms with Gasteiger partial charge in [-0.05, 0) is 51.8 Å². The molecule has 0 amide bonds. The van der Waals surface area contributed by atoms with Gasteiger partial charge in [0.25, 0.3) is 0 Å². The lowest BCUT2D eigenvalue weighted by Crippen LogP contribution is -2.55. The van der Waals surface area contributed by atoms with Gasteiger partial charge in [0.05, 0.1) is 5.60 Å². The highest BCUT2D eigenvalue weighted by molar-refractivity contribution is 9.10. The second kappa shape index (κ2) is 5.09. The van der Waals surface area contributed by atoms with Crippen LogP contribution in [0.15, 0.2) is 22.7 Å². The van der Waals surface area contributed by atoms with Crippen molar-refractivity contribution >= 4 is 15.9 Å². The standard InChI is InChI=1S/C14H22BrNO/c1-10-6-7-11(12(15)8-10)9-16-13(2,3)14(4,5)17/h6-8,16-17H,9H2,1-5H3. The molecule has 0 saturated heterocycles. The lowest BCUT2D eigenvalue weighted by Gasteiger charge is -2.38. The Balaban J connectivity index is 2.74. The Labute approximate surface area is 113 Å². The van der Waals surface area contributed by atoms with Crippen LogP contribution in [0.2, 0.25) is 0 Å². The molecule has 0 fully saturated rings. The minimum absolute atomic E-state index is 0.336. The molecule has 1 aromatic carbocycles. The summed E-state index contributed by atoms with van der Waals surface area (Å²) in [6.07, 6.45) is 0. The highest BCUT2D eigenvalue weighted by Gasteiger charge is 2.34. The normalized spacial score (nSPS) is 12.9. The average molecular weight is 300 g/mol. The molecule has 0 saturated carbocycles. The first-order valence-electron chi connectivity index (χ1n) is 5.86. The van der Waals surface area contributed by atoms with Gasteiger partial charge < -0.3 is 10.4 Å². The summed E-state index contributed by atoms with van der Waals surface area (Å²) in [5, 5.41) is 13.5. The summed E-state index contributed by atoms with van der Waals surface area (Å²) < 4.78 is 1.11. The lowest BCUT2D eigenvalue weighted by atomic mass is 9.86. The molecular weight excluding hydrogens is 278 g/mol. The topological polar surface area (TPSA) is 32.3 Å². The van der Waals surface area contributed by atoms with Crippen molar-refractivity contribution in [3.8, 4) is 0 Å². The van der Waals surface area contributed by atoms with Crippen molar-refractivity contribution in [2.24, 2.45) is 0 Å². The Morgan fingerprint density at radius 2 is 1.82 bits per heavy atom. The zero-order valence-electron chi connectivity index (χ0n) is 11.3. The Bertz CT molecular complexity index is 394. The number of halogens is 1. The predicted molar refractivity (Wildman–Crippen MR) is 76.1 cm³/mol. The lowest BCUT2D eigenvalue weighted by molar-refractivity contribution is -0.00534. The second-order valence-electron chi connectivity index (χ2n) is 5.63. The maximum Gasteiger partial charge on any atom is 0.0767 e. The van der Waals surface area contributed by atoms with Crippen LogP contribution in [0.25, 0.3) is 0 Å². The minimum atomic E-state index is -0.760. The third-order valence-electron chi connectivity index (χ3n) is 3.46. The average Bonchev–Trinajstić information content (AvgIpc) is 2.14. The number of rotatable bonds is 4. The van der Waals surface area contributed by atoms with E-state index in [1.54, 1.807) is 0 Å². The van der Waals surface area contributed by atoms with Gasteiger partial charge in [-0.1, -0.05) is 28.1 Å². The molecule has 0 aliphatic carbocycles. The third kappa shape index (κ3) is 3.80. The number of hydrogen-bond acceptors (Lipinski definition) is 2. The van der Waals surface area contributed by atoms with Gasteiger partial charge in [0.1, 0.15) is 0 Å². The van der Waals surface area contributed by atoms with Gasteiger partial charge in [0.2, 0.25) is 0 Å². The predicted octanol–water partition coefficient (Wildman–Crippen LogP) is 3.40. The van der Waals surface area contributed by atoms with Crippen molar-refractivity contribution in [2.45, 2.75) is 52.3 Å². The van der Waals surface area contributed by atoms with Crippen LogP contribution in [0.1, 0.15) is 38.8 Å². The van der Waals surface area contributed by atoms with Crippen molar-refractivity contribution in [3.05, 3.63) is 33.8 Å². The van der Waals surface area contributed by atoms with E-state index in [4.69, 9.17) is 0 Å². The number of benzene rings is 1. The molecule has 1 rings (SSSR count). The van der Waals surface area contributed by atoms with Crippen LogP contribution >= 0.6 is 15.9 Å². The first kappa shape index (κ1) is 14.7. The van der Waals surface area contributed by atoms with Crippen molar-refractivity contribution in [2.75, 3.05) is 0 Å². The van der Waals surface area contributed by atoms with Gasteiger partial charge >= 0.3 is 0 Å². The maximum absolute atomic E-state index is 10.1. The van der Waals surface area contributed by atoms with E-state index < -0.39 is 5.60 Å². The molecule has 0 aromatic heterocycles. The summed E-state index contributed by atoms with van der Waals surface area (Å²) in [5.41, 5.74) is 1.34. The molecule has 96 valence electrons. The zero-order valence-corrected chi connectivity index (χ0v) is 12.9.